The number of carbonyl (C=O) groups excluding carboxylic acids is 1. The molecule has 2 rings (SSSR count). The van der Waals surface area contributed by atoms with Crippen molar-refractivity contribution in [1.82, 2.24) is 4.90 Å². The Morgan fingerprint density at radius 1 is 1.21 bits per heavy atom. The number of nitrogens with zero attached hydrogens (tertiary/aromatic N) is 3. The van der Waals surface area contributed by atoms with E-state index in [1.54, 1.807) is 0 Å². The fourth-order valence-electron chi connectivity index (χ4n) is 3.20. The third-order valence-corrected chi connectivity index (χ3v) is 4.41. The van der Waals surface area contributed by atoms with Gasteiger partial charge in [-0.05, 0) is 56.0 Å². The molecule has 0 atom stereocenters. The number of amides is 1. The van der Waals surface area contributed by atoms with E-state index in [-0.39, 0.29) is 5.91 Å². The summed E-state index contributed by atoms with van der Waals surface area (Å²) in [7, 11) is 4.12. The molecule has 0 spiro atoms. The molecule has 1 heterocycles. The molecular weight excluding hydrogens is 298 g/mol. The summed E-state index contributed by atoms with van der Waals surface area (Å²) < 4.78 is 0. The monoisotopic (exact) mass is 327 g/mol. The molecule has 1 aromatic carbocycles. The summed E-state index contributed by atoms with van der Waals surface area (Å²) in [4.78, 5) is 21.2. The van der Waals surface area contributed by atoms with Crippen LogP contribution in [0.4, 0.5) is 5.69 Å². The van der Waals surface area contributed by atoms with Gasteiger partial charge in [-0.1, -0.05) is 13.0 Å². The van der Waals surface area contributed by atoms with Crippen molar-refractivity contribution >= 4 is 23.5 Å². The third kappa shape index (κ3) is 3.86. The highest BCUT2D eigenvalue weighted by Gasteiger charge is 2.26. The van der Waals surface area contributed by atoms with Gasteiger partial charge in [0, 0.05) is 44.9 Å². The van der Waals surface area contributed by atoms with E-state index in [0.29, 0.717) is 6.54 Å². The van der Waals surface area contributed by atoms with Gasteiger partial charge in [-0.15, -0.1) is 0 Å². The number of rotatable bonds is 5. The highest BCUT2D eigenvalue weighted by Crippen LogP contribution is 2.25. The number of amidine groups is 1. The Balaban J connectivity index is 2.31. The molecule has 0 unspecified atom stereocenters. The fraction of sp³-hybridized carbons (Fsp3) is 0.500. The van der Waals surface area contributed by atoms with Gasteiger partial charge in [0.15, 0.2) is 0 Å². The van der Waals surface area contributed by atoms with Gasteiger partial charge in [-0.3, -0.25) is 14.7 Å². The van der Waals surface area contributed by atoms with E-state index in [2.05, 4.69) is 49.1 Å². The van der Waals surface area contributed by atoms with Crippen LogP contribution in [0.3, 0.4) is 0 Å². The van der Waals surface area contributed by atoms with Crippen LogP contribution in [0.1, 0.15) is 44.7 Å². The van der Waals surface area contributed by atoms with E-state index >= 15 is 0 Å². The van der Waals surface area contributed by atoms with Crippen molar-refractivity contribution in [3.8, 4) is 0 Å². The Morgan fingerprint density at radius 3 is 2.54 bits per heavy atom. The molecule has 1 amide bonds. The smallest absolute Gasteiger partial charge is 0.255 e. The standard InChI is InChI=1S/C20H29N3O/c1-6-16-13-15(9-11-18(16)22(4)5)14-17-10-12-19(21-7-2)23(8-3)20(17)24/h9,11,13-14H,6-8,10,12H2,1-5H3/b17-14-,21-19?. The summed E-state index contributed by atoms with van der Waals surface area (Å²) in [6, 6.07) is 6.43. The molecule has 1 saturated heterocycles. The largest absolute Gasteiger partial charge is 0.377 e. The van der Waals surface area contributed by atoms with Gasteiger partial charge < -0.3 is 4.90 Å². The molecule has 4 heteroatoms. The lowest BCUT2D eigenvalue weighted by Gasteiger charge is -2.29. The van der Waals surface area contributed by atoms with Gasteiger partial charge in [0.05, 0.1) is 0 Å². The Hall–Kier alpha value is -2.10. The molecule has 0 bridgehead atoms. The van der Waals surface area contributed by atoms with Crippen LogP contribution >= 0.6 is 0 Å². The maximum atomic E-state index is 12.7. The minimum Gasteiger partial charge on any atom is -0.377 e. The first-order chi connectivity index (χ1) is 11.5. The molecule has 4 nitrogen and oxygen atoms in total. The summed E-state index contributed by atoms with van der Waals surface area (Å²) >= 11 is 0. The van der Waals surface area contributed by atoms with Crippen molar-refractivity contribution in [3.63, 3.8) is 0 Å². The average molecular weight is 327 g/mol. The Labute approximate surface area is 145 Å². The fourth-order valence-corrected chi connectivity index (χ4v) is 3.20. The lowest BCUT2D eigenvalue weighted by Crippen LogP contribution is -2.41. The highest BCUT2D eigenvalue weighted by atomic mass is 16.2. The van der Waals surface area contributed by atoms with E-state index in [0.717, 1.165) is 42.8 Å². The summed E-state index contributed by atoms with van der Waals surface area (Å²) in [5, 5.41) is 0. The molecule has 0 aliphatic carbocycles. The summed E-state index contributed by atoms with van der Waals surface area (Å²) in [5.74, 6) is 1.03. The number of likely N-dealkylation sites (tertiary alicyclic amines) is 1. The van der Waals surface area contributed by atoms with Gasteiger partial charge in [-0.25, -0.2) is 0 Å². The zero-order chi connectivity index (χ0) is 17.7. The molecule has 24 heavy (non-hydrogen) atoms. The maximum absolute atomic E-state index is 12.7. The Bertz CT molecular complexity index is 659. The summed E-state index contributed by atoms with van der Waals surface area (Å²) in [5.41, 5.74) is 4.53. The minimum atomic E-state index is 0.102. The quantitative estimate of drug-likeness (QED) is 0.772. The molecule has 1 aliphatic heterocycles. The number of hydrogen-bond acceptors (Lipinski definition) is 3. The maximum Gasteiger partial charge on any atom is 0.255 e. The second-order valence-electron chi connectivity index (χ2n) is 6.25. The normalized spacial score (nSPS) is 18.5. The lowest BCUT2D eigenvalue weighted by molar-refractivity contribution is -0.124. The zero-order valence-electron chi connectivity index (χ0n) is 15.6. The van der Waals surface area contributed by atoms with Gasteiger partial charge in [0.2, 0.25) is 0 Å². The van der Waals surface area contributed by atoms with E-state index in [1.807, 2.05) is 24.8 Å². The van der Waals surface area contributed by atoms with Crippen LogP contribution < -0.4 is 4.90 Å². The van der Waals surface area contributed by atoms with Crippen molar-refractivity contribution in [2.45, 2.75) is 40.0 Å². The first-order valence-electron chi connectivity index (χ1n) is 8.87. The van der Waals surface area contributed by atoms with E-state index in [1.165, 1.54) is 11.3 Å². The molecular formula is C20H29N3O. The van der Waals surface area contributed by atoms with Crippen molar-refractivity contribution < 1.29 is 4.79 Å². The van der Waals surface area contributed by atoms with Crippen molar-refractivity contribution in [3.05, 3.63) is 34.9 Å². The molecule has 0 radical (unpaired) electrons. The molecule has 0 aromatic heterocycles. The SMILES string of the molecule is CCN=C1CC/C(=C/c2ccc(N(C)C)c(CC)c2)C(=O)N1CC. The first-order valence-corrected chi connectivity index (χ1v) is 8.87. The topological polar surface area (TPSA) is 35.9 Å². The number of anilines is 1. The number of aliphatic imine (C=N–C) groups is 1. The van der Waals surface area contributed by atoms with Crippen LogP contribution in [0.5, 0.6) is 0 Å². The third-order valence-electron chi connectivity index (χ3n) is 4.41. The van der Waals surface area contributed by atoms with Crippen LogP contribution in [0.2, 0.25) is 0 Å². The second-order valence-corrected chi connectivity index (χ2v) is 6.25. The molecule has 1 aromatic rings. The predicted molar refractivity (Wildman–Crippen MR) is 103 cm³/mol. The van der Waals surface area contributed by atoms with Gasteiger partial charge in [0.25, 0.3) is 5.91 Å². The van der Waals surface area contributed by atoms with Crippen LogP contribution in [-0.4, -0.2) is 43.8 Å². The number of benzene rings is 1. The molecule has 0 N–H and O–H groups in total. The van der Waals surface area contributed by atoms with Gasteiger partial charge >= 0.3 is 0 Å². The number of aryl methyl sites for hydroxylation is 1. The van der Waals surface area contributed by atoms with E-state index < -0.39 is 0 Å². The zero-order valence-corrected chi connectivity index (χ0v) is 15.6. The van der Waals surface area contributed by atoms with E-state index in [4.69, 9.17) is 0 Å². The van der Waals surface area contributed by atoms with Crippen molar-refractivity contribution in [1.29, 1.82) is 0 Å². The molecule has 1 aliphatic rings. The Kier molecular flexibility index (Phi) is 6.18. The molecule has 130 valence electrons. The van der Waals surface area contributed by atoms with Crippen molar-refractivity contribution in [2.24, 2.45) is 4.99 Å². The van der Waals surface area contributed by atoms with Gasteiger partial charge in [-0.2, -0.15) is 0 Å². The van der Waals surface area contributed by atoms with Crippen LogP contribution in [0.15, 0.2) is 28.8 Å². The Morgan fingerprint density at radius 2 is 1.96 bits per heavy atom. The lowest BCUT2D eigenvalue weighted by atomic mass is 9.98. The van der Waals surface area contributed by atoms with Crippen LogP contribution in [0.25, 0.3) is 6.08 Å². The summed E-state index contributed by atoms with van der Waals surface area (Å²) in [6.07, 6.45) is 4.64. The predicted octanol–water partition coefficient (Wildman–Crippen LogP) is 3.76. The van der Waals surface area contributed by atoms with Crippen molar-refractivity contribution in [2.75, 3.05) is 32.1 Å². The van der Waals surface area contributed by atoms with E-state index in [9.17, 15) is 4.79 Å². The average Bonchev–Trinajstić information content (AvgIpc) is 2.57. The highest BCUT2D eigenvalue weighted by molar-refractivity contribution is 6.11. The number of hydrogen-bond donors (Lipinski definition) is 0. The second kappa shape index (κ2) is 8.13. The number of carbonyl (C=O) groups is 1. The first kappa shape index (κ1) is 18.2. The summed E-state index contributed by atoms with van der Waals surface area (Å²) in [6.45, 7) is 7.58. The van der Waals surface area contributed by atoms with Crippen LogP contribution in [0, 0.1) is 0 Å². The number of piperidine rings is 1. The van der Waals surface area contributed by atoms with Crippen LogP contribution in [-0.2, 0) is 11.2 Å². The molecule has 1 fully saturated rings. The number of likely N-dealkylation sites (N-methyl/N-ethyl adjacent to an activating group) is 1. The van der Waals surface area contributed by atoms with Gasteiger partial charge in [0.1, 0.15) is 5.84 Å². The molecule has 0 saturated carbocycles. The minimum absolute atomic E-state index is 0.102.